The third kappa shape index (κ3) is 2.21. The summed E-state index contributed by atoms with van der Waals surface area (Å²) in [6.07, 6.45) is 1.76. The second kappa shape index (κ2) is 5.25. The number of esters is 1. The molecule has 1 aromatic carbocycles. The Morgan fingerprint density at radius 3 is 2.43 bits per heavy atom. The van der Waals surface area contributed by atoms with Crippen molar-refractivity contribution in [1.29, 1.82) is 0 Å². The summed E-state index contributed by atoms with van der Waals surface area (Å²) >= 11 is 0. The van der Waals surface area contributed by atoms with Crippen molar-refractivity contribution < 1.29 is 14.3 Å². The molecular formula is C17H13NO3. The predicted molar refractivity (Wildman–Crippen MR) is 78.6 cm³/mol. The SMILES string of the molecule is COC(=O)c1cc(C(=O)c2ccccc2)n2ccccc12. The fourth-order valence-electron chi connectivity index (χ4n) is 2.34. The lowest BCUT2D eigenvalue weighted by Crippen LogP contribution is -2.04. The van der Waals surface area contributed by atoms with Crippen molar-refractivity contribution in [1.82, 2.24) is 4.40 Å². The standard InChI is InChI=1S/C17H13NO3/c1-21-17(20)13-11-15(18-10-6-5-9-14(13)18)16(19)12-7-3-2-4-8-12/h2-11H,1H3. The first-order chi connectivity index (χ1) is 10.2. The molecule has 0 bridgehead atoms. The summed E-state index contributed by atoms with van der Waals surface area (Å²) in [6.45, 7) is 0. The first kappa shape index (κ1) is 13.1. The van der Waals surface area contributed by atoms with Gasteiger partial charge in [0.1, 0.15) is 0 Å². The van der Waals surface area contributed by atoms with E-state index in [-0.39, 0.29) is 5.78 Å². The number of fused-ring (bicyclic) bond motifs is 1. The number of rotatable bonds is 3. The number of hydrogen-bond acceptors (Lipinski definition) is 3. The van der Waals surface area contributed by atoms with Gasteiger partial charge < -0.3 is 9.14 Å². The highest BCUT2D eigenvalue weighted by atomic mass is 16.5. The van der Waals surface area contributed by atoms with E-state index in [1.54, 1.807) is 34.9 Å². The van der Waals surface area contributed by atoms with Crippen molar-refractivity contribution in [3.63, 3.8) is 0 Å². The van der Waals surface area contributed by atoms with Gasteiger partial charge in [-0.05, 0) is 18.2 Å². The van der Waals surface area contributed by atoms with Crippen molar-refractivity contribution in [2.45, 2.75) is 0 Å². The van der Waals surface area contributed by atoms with E-state index in [0.717, 1.165) is 0 Å². The molecule has 0 saturated carbocycles. The van der Waals surface area contributed by atoms with Gasteiger partial charge in [-0.15, -0.1) is 0 Å². The van der Waals surface area contributed by atoms with E-state index in [1.165, 1.54) is 7.11 Å². The number of ether oxygens (including phenoxy) is 1. The number of aromatic nitrogens is 1. The Bertz CT molecular complexity index is 818. The molecule has 4 nitrogen and oxygen atoms in total. The average Bonchev–Trinajstić information content (AvgIpc) is 2.94. The van der Waals surface area contributed by atoms with Gasteiger partial charge in [-0.1, -0.05) is 36.4 Å². The number of methoxy groups -OCH3 is 1. The largest absolute Gasteiger partial charge is 0.465 e. The fraction of sp³-hybridized carbons (Fsp3) is 0.0588. The molecule has 0 aliphatic heterocycles. The number of carbonyl (C=O) groups excluding carboxylic acids is 2. The van der Waals surface area contributed by atoms with Crippen LogP contribution in [-0.2, 0) is 4.74 Å². The topological polar surface area (TPSA) is 47.8 Å². The number of nitrogens with zero attached hydrogens (tertiary/aromatic N) is 1. The Morgan fingerprint density at radius 1 is 1.00 bits per heavy atom. The van der Waals surface area contributed by atoms with E-state index >= 15 is 0 Å². The molecule has 0 aliphatic carbocycles. The van der Waals surface area contributed by atoms with Crippen LogP contribution in [0.2, 0.25) is 0 Å². The van der Waals surface area contributed by atoms with E-state index < -0.39 is 5.97 Å². The Balaban J connectivity index is 2.20. The van der Waals surface area contributed by atoms with Crippen LogP contribution in [0.3, 0.4) is 0 Å². The molecule has 0 unspecified atom stereocenters. The lowest BCUT2D eigenvalue weighted by atomic mass is 10.1. The van der Waals surface area contributed by atoms with Crippen molar-refractivity contribution >= 4 is 17.3 Å². The molecule has 0 aliphatic rings. The van der Waals surface area contributed by atoms with Gasteiger partial charge in [0.25, 0.3) is 0 Å². The number of carbonyl (C=O) groups is 2. The van der Waals surface area contributed by atoms with Crippen molar-refractivity contribution in [2.75, 3.05) is 7.11 Å². The molecule has 21 heavy (non-hydrogen) atoms. The number of ketones is 1. The van der Waals surface area contributed by atoms with Crippen molar-refractivity contribution in [2.24, 2.45) is 0 Å². The molecule has 4 heteroatoms. The molecule has 0 N–H and O–H groups in total. The van der Waals surface area contributed by atoms with Crippen LogP contribution < -0.4 is 0 Å². The van der Waals surface area contributed by atoms with Gasteiger partial charge in [0.2, 0.25) is 5.78 Å². The van der Waals surface area contributed by atoms with E-state index in [4.69, 9.17) is 4.74 Å². The van der Waals surface area contributed by atoms with Gasteiger partial charge in [0.05, 0.1) is 23.9 Å². The molecule has 0 saturated heterocycles. The van der Waals surface area contributed by atoms with E-state index in [1.807, 2.05) is 30.3 Å². The summed E-state index contributed by atoms with van der Waals surface area (Å²) in [5, 5.41) is 0. The van der Waals surface area contributed by atoms with Gasteiger partial charge in [-0.2, -0.15) is 0 Å². The first-order valence-electron chi connectivity index (χ1n) is 6.50. The highest BCUT2D eigenvalue weighted by Gasteiger charge is 2.20. The van der Waals surface area contributed by atoms with E-state index in [9.17, 15) is 9.59 Å². The second-order valence-electron chi connectivity index (χ2n) is 4.59. The molecule has 2 aromatic heterocycles. The average molecular weight is 279 g/mol. The first-order valence-corrected chi connectivity index (χ1v) is 6.50. The van der Waals surface area contributed by atoms with Gasteiger partial charge >= 0.3 is 5.97 Å². The van der Waals surface area contributed by atoms with Crippen LogP contribution in [0.15, 0.2) is 60.8 Å². The number of pyridine rings is 1. The highest BCUT2D eigenvalue weighted by molar-refractivity contribution is 6.11. The predicted octanol–water partition coefficient (Wildman–Crippen LogP) is 2.96. The monoisotopic (exact) mass is 279 g/mol. The summed E-state index contributed by atoms with van der Waals surface area (Å²) in [6, 6.07) is 16.0. The van der Waals surface area contributed by atoms with Gasteiger partial charge in [0.15, 0.2) is 0 Å². The zero-order valence-corrected chi connectivity index (χ0v) is 11.4. The van der Waals surface area contributed by atoms with Gasteiger partial charge in [-0.25, -0.2) is 4.79 Å². The maximum atomic E-state index is 12.6. The summed E-state index contributed by atoms with van der Waals surface area (Å²) in [7, 11) is 1.33. The minimum Gasteiger partial charge on any atom is -0.465 e. The Hall–Kier alpha value is -2.88. The zero-order valence-electron chi connectivity index (χ0n) is 11.4. The molecule has 0 atom stereocenters. The van der Waals surface area contributed by atoms with Crippen LogP contribution in [0.5, 0.6) is 0 Å². The van der Waals surface area contributed by atoms with Crippen LogP contribution >= 0.6 is 0 Å². The lowest BCUT2D eigenvalue weighted by Gasteiger charge is -2.02. The number of benzene rings is 1. The summed E-state index contributed by atoms with van der Waals surface area (Å²) < 4.78 is 6.49. The Kier molecular flexibility index (Phi) is 3.28. The fourth-order valence-corrected chi connectivity index (χ4v) is 2.34. The molecule has 2 heterocycles. The van der Waals surface area contributed by atoms with Crippen LogP contribution in [0.25, 0.3) is 5.52 Å². The summed E-state index contributed by atoms with van der Waals surface area (Å²) in [5.41, 5.74) is 2.07. The smallest absolute Gasteiger partial charge is 0.340 e. The molecule has 0 radical (unpaired) electrons. The molecular weight excluding hydrogens is 266 g/mol. The second-order valence-corrected chi connectivity index (χ2v) is 4.59. The van der Waals surface area contributed by atoms with E-state index in [0.29, 0.717) is 22.3 Å². The minimum atomic E-state index is -0.453. The van der Waals surface area contributed by atoms with E-state index in [2.05, 4.69) is 0 Å². The summed E-state index contributed by atoms with van der Waals surface area (Å²) in [5.74, 6) is -0.585. The quantitative estimate of drug-likeness (QED) is 0.547. The minimum absolute atomic E-state index is 0.132. The molecule has 3 aromatic rings. The van der Waals surface area contributed by atoms with Crippen LogP contribution in [0, 0.1) is 0 Å². The summed E-state index contributed by atoms with van der Waals surface area (Å²) in [4.78, 5) is 24.5. The highest BCUT2D eigenvalue weighted by Crippen LogP contribution is 2.20. The van der Waals surface area contributed by atoms with Crippen LogP contribution in [0.4, 0.5) is 0 Å². The molecule has 0 spiro atoms. The maximum Gasteiger partial charge on any atom is 0.340 e. The van der Waals surface area contributed by atoms with Crippen molar-refractivity contribution in [3.8, 4) is 0 Å². The van der Waals surface area contributed by atoms with Gasteiger partial charge in [0, 0.05) is 11.8 Å². The van der Waals surface area contributed by atoms with Crippen LogP contribution in [0.1, 0.15) is 26.4 Å². The third-order valence-corrected chi connectivity index (χ3v) is 3.35. The number of hydrogen-bond donors (Lipinski definition) is 0. The molecule has 0 amide bonds. The molecule has 104 valence electrons. The van der Waals surface area contributed by atoms with Crippen molar-refractivity contribution in [3.05, 3.63) is 77.6 Å². The van der Waals surface area contributed by atoms with Gasteiger partial charge in [-0.3, -0.25) is 4.79 Å². The van der Waals surface area contributed by atoms with Crippen LogP contribution in [-0.4, -0.2) is 23.3 Å². The zero-order chi connectivity index (χ0) is 14.8. The lowest BCUT2D eigenvalue weighted by molar-refractivity contribution is 0.0603. The molecule has 3 rings (SSSR count). The Morgan fingerprint density at radius 2 is 1.71 bits per heavy atom. The Labute approximate surface area is 121 Å². The maximum absolute atomic E-state index is 12.6. The normalized spacial score (nSPS) is 10.5. The molecule has 0 fully saturated rings. The third-order valence-electron chi connectivity index (χ3n) is 3.35.